The van der Waals surface area contributed by atoms with Crippen molar-refractivity contribution in [3.8, 4) is 5.75 Å². The van der Waals surface area contributed by atoms with Crippen LogP contribution in [-0.2, 0) is 14.3 Å². The van der Waals surface area contributed by atoms with Gasteiger partial charge in [0.05, 0.1) is 25.5 Å². The van der Waals surface area contributed by atoms with Crippen molar-refractivity contribution >= 4 is 46.3 Å². The summed E-state index contributed by atoms with van der Waals surface area (Å²) in [6.07, 6.45) is 1.86. The first-order chi connectivity index (χ1) is 10.6. The Morgan fingerprint density at radius 1 is 1.36 bits per heavy atom. The highest BCUT2D eigenvalue weighted by molar-refractivity contribution is 8.26. The third-order valence-corrected chi connectivity index (χ3v) is 4.44. The molecule has 1 aliphatic heterocycles. The van der Waals surface area contributed by atoms with Crippen LogP contribution in [0.25, 0.3) is 6.08 Å². The molecular weight excluding hydrogens is 322 g/mol. The Hall–Kier alpha value is -1.86. The van der Waals surface area contributed by atoms with E-state index in [-0.39, 0.29) is 24.8 Å². The molecule has 1 aromatic carbocycles. The van der Waals surface area contributed by atoms with Gasteiger partial charge in [-0.25, -0.2) is 0 Å². The molecule has 1 amide bonds. The number of hydrogen-bond acceptors (Lipinski definition) is 6. The average Bonchev–Trinajstić information content (AvgIpc) is 2.79. The number of thioether (sulfide) groups is 1. The molecule has 0 N–H and O–H groups in total. The zero-order chi connectivity index (χ0) is 16.1. The van der Waals surface area contributed by atoms with Crippen LogP contribution < -0.4 is 4.74 Å². The number of hydrogen-bond donors (Lipinski definition) is 0. The van der Waals surface area contributed by atoms with Gasteiger partial charge >= 0.3 is 5.97 Å². The highest BCUT2D eigenvalue weighted by Gasteiger charge is 2.32. The standard InChI is InChI=1S/C15H15NO4S2/c1-19-11-6-4-3-5-10(11)9-12-14(18)16(15(21)22-12)8-7-13(17)20-2/h3-6,9H,7-8H2,1-2H3. The summed E-state index contributed by atoms with van der Waals surface area (Å²) in [4.78, 5) is 25.5. The highest BCUT2D eigenvalue weighted by atomic mass is 32.2. The first-order valence-corrected chi connectivity index (χ1v) is 7.74. The molecule has 1 aromatic rings. The number of amides is 1. The molecule has 116 valence electrons. The van der Waals surface area contributed by atoms with Crippen molar-refractivity contribution in [2.75, 3.05) is 20.8 Å². The number of para-hydroxylation sites is 1. The van der Waals surface area contributed by atoms with Gasteiger partial charge in [-0.2, -0.15) is 0 Å². The van der Waals surface area contributed by atoms with Crippen molar-refractivity contribution in [1.82, 2.24) is 4.90 Å². The van der Waals surface area contributed by atoms with E-state index < -0.39 is 0 Å². The van der Waals surface area contributed by atoms with E-state index in [1.165, 1.54) is 23.8 Å². The van der Waals surface area contributed by atoms with E-state index in [1.54, 1.807) is 13.2 Å². The molecule has 0 aliphatic carbocycles. The smallest absolute Gasteiger partial charge is 0.307 e. The van der Waals surface area contributed by atoms with Gasteiger partial charge in [-0.05, 0) is 12.1 Å². The lowest BCUT2D eigenvalue weighted by atomic mass is 10.2. The Morgan fingerprint density at radius 3 is 2.77 bits per heavy atom. The van der Waals surface area contributed by atoms with Crippen LogP contribution in [-0.4, -0.2) is 41.9 Å². The van der Waals surface area contributed by atoms with Gasteiger partial charge in [0, 0.05) is 12.1 Å². The molecule has 22 heavy (non-hydrogen) atoms. The average molecular weight is 337 g/mol. The van der Waals surface area contributed by atoms with Crippen LogP contribution in [0, 0.1) is 0 Å². The zero-order valence-corrected chi connectivity index (χ0v) is 13.8. The van der Waals surface area contributed by atoms with Gasteiger partial charge in [0.15, 0.2) is 0 Å². The minimum atomic E-state index is -0.372. The fraction of sp³-hybridized carbons (Fsp3) is 0.267. The van der Waals surface area contributed by atoms with Crippen LogP contribution in [0.15, 0.2) is 29.2 Å². The van der Waals surface area contributed by atoms with Crippen LogP contribution in [0.2, 0.25) is 0 Å². The summed E-state index contributed by atoms with van der Waals surface area (Å²) in [6.45, 7) is 0.223. The maximum absolute atomic E-state index is 12.4. The Kier molecular flexibility index (Phi) is 5.57. The second-order valence-electron chi connectivity index (χ2n) is 4.40. The molecule has 0 aromatic heterocycles. The van der Waals surface area contributed by atoms with Crippen molar-refractivity contribution in [3.63, 3.8) is 0 Å². The fourth-order valence-corrected chi connectivity index (χ4v) is 3.22. The highest BCUT2D eigenvalue weighted by Crippen LogP contribution is 2.34. The van der Waals surface area contributed by atoms with Crippen LogP contribution in [0.3, 0.4) is 0 Å². The second kappa shape index (κ2) is 7.42. The molecule has 0 unspecified atom stereocenters. The Morgan fingerprint density at radius 2 is 2.09 bits per heavy atom. The summed E-state index contributed by atoms with van der Waals surface area (Å²) in [6, 6.07) is 7.41. The molecule has 1 aliphatic rings. The van der Waals surface area contributed by atoms with Gasteiger partial charge in [0.1, 0.15) is 10.1 Å². The largest absolute Gasteiger partial charge is 0.496 e. The number of esters is 1. The Balaban J connectivity index is 2.17. The van der Waals surface area contributed by atoms with Crippen LogP contribution >= 0.6 is 24.0 Å². The van der Waals surface area contributed by atoms with Crippen LogP contribution in [0.4, 0.5) is 0 Å². The summed E-state index contributed by atoms with van der Waals surface area (Å²) >= 11 is 6.42. The first-order valence-electron chi connectivity index (χ1n) is 6.52. The molecule has 2 rings (SSSR count). The number of carbonyl (C=O) groups excluding carboxylic acids is 2. The van der Waals surface area contributed by atoms with Crippen molar-refractivity contribution < 1.29 is 19.1 Å². The molecule has 0 atom stereocenters. The number of thiocarbonyl (C=S) groups is 1. The fourth-order valence-electron chi connectivity index (χ4n) is 1.92. The molecular formula is C15H15NO4S2. The molecule has 7 heteroatoms. The molecule has 0 spiro atoms. The third kappa shape index (κ3) is 3.66. The lowest BCUT2D eigenvalue weighted by Crippen LogP contribution is -2.30. The van der Waals surface area contributed by atoms with Crippen molar-refractivity contribution in [2.45, 2.75) is 6.42 Å². The molecule has 5 nitrogen and oxygen atoms in total. The summed E-state index contributed by atoms with van der Waals surface area (Å²) in [5, 5.41) is 0. The lowest BCUT2D eigenvalue weighted by molar-refractivity contribution is -0.140. The third-order valence-electron chi connectivity index (χ3n) is 3.07. The quantitative estimate of drug-likeness (QED) is 0.467. The van der Waals surface area contributed by atoms with Crippen molar-refractivity contribution in [1.29, 1.82) is 0 Å². The summed E-state index contributed by atoms with van der Waals surface area (Å²) < 4.78 is 10.3. The molecule has 0 bridgehead atoms. The number of carbonyl (C=O) groups is 2. The van der Waals surface area contributed by atoms with E-state index in [0.717, 1.165) is 5.56 Å². The van der Waals surface area contributed by atoms with E-state index in [9.17, 15) is 9.59 Å². The number of methoxy groups -OCH3 is 2. The molecule has 1 heterocycles. The minimum Gasteiger partial charge on any atom is -0.496 e. The van der Waals surface area contributed by atoms with Crippen LogP contribution in [0.1, 0.15) is 12.0 Å². The predicted molar refractivity (Wildman–Crippen MR) is 89.5 cm³/mol. The van der Waals surface area contributed by atoms with Gasteiger partial charge in [-0.1, -0.05) is 42.2 Å². The molecule has 0 radical (unpaired) electrons. The summed E-state index contributed by atoms with van der Waals surface area (Å²) in [5.41, 5.74) is 0.804. The van der Waals surface area contributed by atoms with Gasteiger partial charge in [-0.15, -0.1) is 0 Å². The second-order valence-corrected chi connectivity index (χ2v) is 6.08. The van der Waals surface area contributed by atoms with Gasteiger partial charge in [0.25, 0.3) is 5.91 Å². The van der Waals surface area contributed by atoms with E-state index in [0.29, 0.717) is 15.0 Å². The normalized spacial score (nSPS) is 16.3. The van der Waals surface area contributed by atoms with Gasteiger partial charge < -0.3 is 9.47 Å². The molecule has 1 saturated heterocycles. The first kappa shape index (κ1) is 16.5. The predicted octanol–water partition coefficient (Wildman–Crippen LogP) is 2.46. The number of benzene rings is 1. The van der Waals surface area contributed by atoms with E-state index in [1.807, 2.05) is 24.3 Å². The van der Waals surface area contributed by atoms with Crippen LogP contribution in [0.5, 0.6) is 5.75 Å². The molecule has 0 saturated carbocycles. The molecule has 1 fully saturated rings. The van der Waals surface area contributed by atoms with E-state index in [4.69, 9.17) is 17.0 Å². The Bertz CT molecular complexity index is 642. The number of nitrogens with zero attached hydrogens (tertiary/aromatic N) is 1. The Labute approximate surface area is 138 Å². The number of ether oxygens (including phenoxy) is 2. The number of rotatable bonds is 5. The lowest BCUT2D eigenvalue weighted by Gasteiger charge is -2.13. The summed E-state index contributed by atoms with van der Waals surface area (Å²) in [7, 11) is 2.89. The topological polar surface area (TPSA) is 55.8 Å². The van der Waals surface area contributed by atoms with E-state index >= 15 is 0 Å². The van der Waals surface area contributed by atoms with Gasteiger partial charge in [-0.3, -0.25) is 14.5 Å². The van der Waals surface area contributed by atoms with Gasteiger partial charge in [0.2, 0.25) is 0 Å². The zero-order valence-electron chi connectivity index (χ0n) is 12.2. The van der Waals surface area contributed by atoms with Crippen molar-refractivity contribution in [2.24, 2.45) is 0 Å². The minimum absolute atomic E-state index is 0.116. The SMILES string of the molecule is COC(=O)CCN1C(=O)C(=Cc2ccccc2OC)SC1=S. The monoisotopic (exact) mass is 337 g/mol. The maximum Gasteiger partial charge on any atom is 0.307 e. The van der Waals surface area contributed by atoms with Crippen molar-refractivity contribution in [3.05, 3.63) is 34.7 Å². The maximum atomic E-state index is 12.4. The summed E-state index contributed by atoms with van der Waals surface area (Å²) in [5.74, 6) is 0.106. The van der Waals surface area contributed by atoms with E-state index in [2.05, 4.69) is 4.74 Å².